The third-order valence-electron chi connectivity index (χ3n) is 6.75. The van der Waals surface area contributed by atoms with Gasteiger partial charge < -0.3 is 19.7 Å². The first-order valence-corrected chi connectivity index (χ1v) is 11.1. The largest absolute Gasteiger partial charge is 0.376 e. The second-order valence-corrected chi connectivity index (χ2v) is 8.82. The molecule has 2 aliphatic carbocycles. The number of rotatable bonds is 7. The van der Waals surface area contributed by atoms with Crippen LogP contribution < -0.4 is 5.32 Å². The van der Waals surface area contributed by atoms with E-state index in [4.69, 9.17) is 14.5 Å². The summed E-state index contributed by atoms with van der Waals surface area (Å²) in [4.78, 5) is 7.50. The van der Waals surface area contributed by atoms with E-state index in [1.54, 1.807) is 0 Å². The topological polar surface area (TPSA) is 46.1 Å². The van der Waals surface area contributed by atoms with Crippen molar-refractivity contribution in [2.24, 2.45) is 16.3 Å². The molecule has 4 rings (SSSR count). The van der Waals surface area contributed by atoms with Crippen LogP contribution in [0, 0.1) is 11.3 Å². The predicted octanol–water partition coefficient (Wildman–Crippen LogP) is 3.19. The van der Waals surface area contributed by atoms with E-state index in [0.717, 1.165) is 64.1 Å². The van der Waals surface area contributed by atoms with Crippen LogP contribution in [0.3, 0.4) is 0 Å². The van der Waals surface area contributed by atoms with Gasteiger partial charge in [-0.2, -0.15) is 0 Å². The summed E-state index contributed by atoms with van der Waals surface area (Å²) in [5, 5.41) is 3.53. The summed E-state index contributed by atoms with van der Waals surface area (Å²) < 4.78 is 12.0. The quantitative estimate of drug-likeness (QED) is 0.557. The zero-order valence-corrected chi connectivity index (χ0v) is 16.5. The van der Waals surface area contributed by atoms with Gasteiger partial charge in [-0.25, -0.2) is 0 Å². The van der Waals surface area contributed by atoms with Gasteiger partial charge >= 0.3 is 0 Å². The number of ether oxygens (including phenoxy) is 2. The SMILES string of the molecule is CCNC(=NCC1(C2CC2)CC1)N1CCC(OCC2CCCCO2)CC1. The second kappa shape index (κ2) is 8.47. The van der Waals surface area contributed by atoms with Crippen LogP contribution in [-0.4, -0.2) is 62.5 Å². The molecule has 4 fully saturated rings. The molecule has 26 heavy (non-hydrogen) atoms. The van der Waals surface area contributed by atoms with Gasteiger partial charge in [0.2, 0.25) is 0 Å². The van der Waals surface area contributed by atoms with Crippen LogP contribution in [-0.2, 0) is 9.47 Å². The van der Waals surface area contributed by atoms with E-state index in [-0.39, 0.29) is 0 Å². The molecule has 1 unspecified atom stereocenters. The standard InChI is InChI=1S/C21H37N3O2/c1-2-22-20(23-16-21(10-11-21)17-6-7-17)24-12-8-18(9-13-24)26-15-19-5-3-4-14-25-19/h17-19H,2-16H2,1H3,(H,22,23). The highest BCUT2D eigenvalue weighted by Crippen LogP contribution is 2.61. The number of aliphatic imine (C=N–C) groups is 1. The average Bonchev–Trinajstić information content (AvgIpc) is 3.58. The molecule has 0 aromatic heterocycles. The van der Waals surface area contributed by atoms with Gasteiger partial charge in [0.25, 0.3) is 0 Å². The average molecular weight is 364 g/mol. The van der Waals surface area contributed by atoms with Gasteiger partial charge in [0.15, 0.2) is 5.96 Å². The Morgan fingerprint density at radius 2 is 1.96 bits per heavy atom. The molecule has 2 heterocycles. The summed E-state index contributed by atoms with van der Waals surface area (Å²) in [5.41, 5.74) is 0.585. The molecule has 2 saturated carbocycles. The van der Waals surface area contributed by atoms with E-state index < -0.39 is 0 Å². The molecule has 2 saturated heterocycles. The maximum Gasteiger partial charge on any atom is 0.193 e. The molecular weight excluding hydrogens is 326 g/mol. The van der Waals surface area contributed by atoms with Crippen LogP contribution >= 0.6 is 0 Å². The fourth-order valence-electron chi connectivity index (χ4n) is 4.63. The maximum atomic E-state index is 6.16. The Labute approximate surface area is 158 Å². The zero-order chi connectivity index (χ0) is 17.8. The van der Waals surface area contributed by atoms with Gasteiger partial charge in [0.05, 0.1) is 18.8 Å². The molecule has 5 nitrogen and oxygen atoms in total. The number of likely N-dealkylation sites (tertiary alicyclic amines) is 1. The molecule has 0 aromatic rings. The first kappa shape index (κ1) is 18.5. The molecule has 0 spiro atoms. The van der Waals surface area contributed by atoms with Crippen LogP contribution in [0.25, 0.3) is 0 Å². The minimum Gasteiger partial charge on any atom is -0.376 e. The van der Waals surface area contributed by atoms with Crippen molar-refractivity contribution in [1.82, 2.24) is 10.2 Å². The Kier molecular flexibility index (Phi) is 6.04. The molecule has 4 aliphatic rings. The summed E-state index contributed by atoms with van der Waals surface area (Å²) in [5.74, 6) is 2.11. The number of hydrogen-bond donors (Lipinski definition) is 1. The normalized spacial score (nSPS) is 29.7. The van der Waals surface area contributed by atoms with E-state index in [9.17, 15) is 0 Å². The molecule has 1 atom stereocenters. The molecule has 0 bridgehead atoms. The summed E-state index contributed by atoms with van der Waals surface area (Å²) in [6.45, 7) is 7.96. The molecule has 0 amide bonds. The second-order valence-electron chi connectivity index (χ2n) is 8.82. The summed E-state index contributed by atoms with van der Waals surface area (Å²) in [6.07, 6.45) is 12.3. The molecule has 2 aliphatic heterocycles. The minimum atomic E-state index is 0.331. The highest BCUT2D eigenvalue weighted by molar-refractivity contribution is 5.80. The van der Waals surface area contributed by atoms with Gasteiger partial charge in [-0.15, -0.1) is 0 Å². The van der Waals surface area contributed by atoms with Crippen molar-refractivity contribution in [3.8, 4) is 0 Å². The van der Waals surface area contributed by atoms with E-state index in [1.165, 1.54) is 44.9 Å². The van der Waals surface area contributed by atoms with Crippen molar-refractivity contribution in [1.29, 1.82) is 0 Å². The summed E-state index contributed by atoms with van der Waals surface area (Å²) in [6, 6.07) is 0. The third-order valence-corrected chi connectivity index (χ3v) is 6.75. The minimum absolute atomic E-state index is 0.331. The van der Waals surface area contributed by atoms with Crippen molar-refractivity contribution in [3.05, 3.63) is 0 Å². The Bertz CT molecular complexity index is 474. The van der Waals surface area contributed by atoms with Crippen LogP contribution in [0.15, 0.2) is 4.99 Å². The van der Waals surface area contributed by atoms with Crippen LogP contribution in [0.1, 0.15) is 64.7 Å². The van der Waals surface area contributed by atoms with Crippen molar-refractivity contribution in [2.75, 3.05) is 39.4 Å². The van der Waals surface area contributed by atoms with Crippen LogP contribution in [0.4, 0.5) is 0 Å². The zero-order valence-electron chi connectivity index (χ0n) is 16.5. The lowest BCUT2D eigenvalue weighted by Crippen LogP contribution is -2.47. The number of nitrogens with zero attached hydrogens (tertiary/aromatic N) is 2. The van der Waals surface area contributed by atoms with E-state index >= 15 is 0 Å². The molecule has 5 heteroatoms. The Hall–Kier alpha value is -0.810. The van der Waals surface area contributed by atoms with Gasteiger partial charge in [-0.1, -0.05) is 0 Å². The van der Waals surface area contributed by atoms with Crippen molar-refractivity contribution in [2.45, 2.75) is 76.9 Å². The molecular formula is C21H37N3O2. The lowest BCUT2D eigenvalue weighted by atomic mass is 10.0. The van der Waals surface area contributed by atoms with Crippen LogP contribution in [0.2, 0.25) is 0 Å². The number of guanidine groups is 1. The van der Waals surface area contributed by atoms with E-state index in [1.807, 2.05) is 0 Å². The van der Waals surface area contributed by atoms with Crippen molar-refractivity contribution < 1.29 is 9.47 Å². The van der Waals surface area contributed by atoms with Gasteiger partial charge in [0, 0.05) is 32.8 Å². The van der Waals surface area contributed by atoms with Crippen molar-refractivity contribution in [3.63, 3.8) is 0 Å². The Balaban J connectivity index is 1.22. The highest BCUT2D eigenvalue weighted by atomic mass is 16.5. The monoisotopic (exact) mass is 363 g/mol. The Morgan fingerprint density at radius 3 is 2.58 bits per heavy atom. The fraction of sp³-hybridized carbons (Fsp3) is 0.952. The molecule has 0 aromatic carbocycles. The Morgan fingerprint density at radius 1 is 1.15 bits per heavy atom. The first-order valence-electron chi connectivity index (χ1n) is 11.1. The van der Waals surface area contributed by atoms with E-state index in [2.05, 4.69) is 17.1 Å². The fourth-order valence-corrected chi connectivity index (χ4v) is 4.63. The highest BCUT2D eigenvalue weighted by Gasteiger charge is 2.53. The van der Waals surface area contributed by atoms with E-state index in [0.29, 0.717) is 17.6 Å². The number of hydrogen-bond acceptors (Lipinski definition) is 3. The molecule has 1 N–H and O–H groups in total. The van der Waals surface area contributed by atoms with Gasteiger partial charge in [0.1, 0.15) is 0 Å². The summed E-state index contributed by atoms with van der Waals surface area (Å²) >= 11 is 0. The first-order chi connectivity index (χ1) is 12.8. The molecule has 148 valence electrons. The van der Waals surface area contributed by atoms with Crippen molar-refractivity contribution >= 4 is 5.96 Å². The lowest BCUT2D eigenvalue weighted by Gasteiger charge is -2.35. The summed E-state index contributed by atoms with van der Waals surface area (Å²) in [7, 11) is 0. The van der Waals surface area contributed by atoms with Gasteiger partial charge in [-0.05, 0) is 76.0 Å². The predicted molar refractivity (Wildman–Crippen MR) is 105 cm³/mol. The van der Waals surface area contributed by atoms with Gasteiger partial charge in [-0.3, -0.25) is 4.99 Å². The lowest BCUT2D eigenvalue weighted by molar-refractivity contribution is -0.0721. The molecule has 0 radical (unpaired) electrons. The number of piperidine rings is 1. The third kappa shape index (κ3) is 4.72. The number of nitrogens with one attached hydrogen (secondary N) is 1. The smallest absolute Gasteiger partial charge is 0.193 e. The maximum absolute atomic E-state index is 6.16. The van der Waals surface area contributed by atoms with Crippen LogP contribution in [0.5, 0.6) is 0 Å².